The Morgan fingerprint density at radius 1 is 1.36 bits per heavy atom. The van der Waals surface area contributed by atoms with Gasteiger partial charge in [-0.3, -0.25) is 0 Å². The molecule has 0 aromatic heterocycles. The van der Waals surface area contributed by atoms with Gasteiger partial charge in [0.2, 0.25) is 0 Å². The van der Waals surface area contributed by atoms with Crippen molar-refractivity contribution in [3.05, 3.63) is 42.6 Å². The molecule has 2 heteroatoms. The van der Waals surface area contributed by atoms with Gasteiger partial charge >= 0.3 is 0 Å². The molecule has 0 heterocycles. The number of hydrogen-bond acceptors (Lipinski definition) is 0. The smallest absolute Gasteiger partial charge is 0.108 e. The van der Waals surface area contributed by atoms with Gasteiger partial charge in [-0.1, -0.05) is 41.2 Å². The van der Waals surface area contributed by atoms with E-state index in [0.717, 1.165) is 5.50 Å². The summed E-state index contributed by atoms with van der Waals surface area (Å²) in [5.41, 5.74) is 2.76. The van der Waals surface area contributed by atoms with Crippen molar-refractivity contribution in [2.45, 2.75) is 0 Å². The van der Waals surface area contributed by atoms with Gasteiger partial charge in [0.25, 0.3) is 0 Å². The van der Waals surface area contributed by atoms with Crippen LogP contribution in [0.3, 0.4) is 0 Å². The summed E-state index contributed by atoms with van der Waals surface area (Å²) in [5, 5.41) is 1.37. The highest BCUT2D eigenvalue weighted by molar-refractivity contribution is 6.82. The maximum absolute atomic E-state index is 5.79. The highest BCUT2D eigenvalue weighted by Crippen LogP contribution is 1.91. The lowest BCUT2D eigenvalue weighted by molar-refractivity contribution is 1.75. The van der Waals surface area contributed by atoms with Crippen molar-refractivity contribution < 1.29 is 0 Å². The van der Waals surface area contributed by atoms with E-state index >= 15 is 0 Å². The van der Waals surface area contributed by atoms with E-state index in [1.54, 1.807) is 0 Å². The molecule has 0 N–H and O–H groups in total. The minimum atomic E-state index is -1.02. The Labute approximate surface area is 74.1 Å². The van der Waals surface area contributed by atoms with E-state index in [1.807, 2.05) is 23.9 Å². The van der Waals surface area contributed by atoms with Gasteiger partial charge in [-0.2, -0.15) is 0 Å². The summed E-state index contributed by atoms with van der Waals surface area (Å²) >= 11 is 5.79. The summed E-state index contributed by atoms with van der Waals surface area (Å²) in [6, 6.07) is 10.4. The van der Waals surface area contributed by atoms with Crippen LogP contribution in [0.2, 0.25) is 0 Å². The largest absolute Gasteiger partial charge is 0.130 e. The number of rotatable bonds is 3. The molecule has 0 aliphatic carbocycles. The van der Waals surface area contributed by atoms with Crippen LogP contribution in [0.25, 0.3) is 0 Å². The topological polar surface area (TPSA) is 0 Å². The van der Waals surface area contributed by atoms with E-state index in [4.69, 9.17) is 11.6 Å². The Morgan fingerprint density at radius 3 is 2.45 bits per heavy atom. The lowest BCUT2D eigenvalue weighted by Crippen LogP contribution is -2.29. The number of benzene rings is 1. The van der Waals surface area contributed by atoms with E-state index in [9.17, 15) is 0 Å². The van der Waals surface area contributed by atoms with Crippen LogP contribution in [-0.4, -0.2) is 14.3 Å². The van der Waals surface area contributed by atoms with E-state index < -0.39 is 8.80 Å². The molecule has 0 spiro atoms. The maximum Gasteiger partial charge on any atom is 0.108 e. The lowest BCUT2D eigenvalue weighted by atomic mass is 10.4. The van der Waals surface area contributed by atoms with Crippen molar-refractivity contribution in [3.8, 4) is 0 Å². The van der Waals surface area contributed by atoms with Gasteiger partial charge in [-0.15, -0.1) is 18.2 Å². The first-order valence-electron chi connectivity index (χ1n) is 3.62. The van der Waals surface area contributed by atoms with Gasteiger partial charge in [0, 0.05) is 5.50 Å². The second-order valence-electron chi connectivity index (χ2n) is 2.41. The van der Waals surface area contributed by atoms with Crippen molar-refractivity contribution in [3.63, 3.8) is 0 Å². The van der Waals surface area contributed by atoms with Crippen molar-refractivity contribution in [2.75, 3.05) is 5.50 Å². The predicted molar refractivity (Wildman–Crippen MR) is 54.1 cm³/mol. The maximum atomic E-state index is 5.79. The Balaban J connectivity index is 2.82. The fourth-order valence-corrected chi connectivity index (χ4v) is 3.19. The van der Waals surface area contributed by atoms with Gasteiger partial charge in [0.15, 0.2) is 0 Å². The third-order valence-corrected chi connectivity index (χ3v) is 4.82. The van der Waals surface area contributed by atoms with E-state index in [-0.39, 0.29) is 0 Å². The van der Waals surface area contributed by atoms with Crippen LogP contribution < -0.4 is 5.19 Å². The molecule has 58 valence electrons. The lowest BCUT2D eigenvalue weighted by Gasteiger charge is -2.05. The quantitative estimate of drug-likeness (QED) is 0.493. The fourth-order valence-electron chi connectivity index (χ4n) is 0.988. The summed E-state index contributed by atoms with van der Waals surface area (Å²) in [6.45, 7) is 3.79. The number of halogens is 1. The highest BCUT2D eigenvalue weighted by atomic mass is 35.5. The molecule has 1 aromatic carbocycles. The standard InChI is InChI=1S/C9H11ClSi/c1-2-11(8-10)9-6-4-3-5-7-9/h2-7,11H,1,8H2. The van der Waals surface area contributed by atoms with Crippen LogP contribution in [0, 0.1) is 0 Å². The van der Waals surface area contributed by atoms with Crippen molar-refractivity contribution in [1.82, 2.24) is 0 Å². The molecule has 1 rings (SSSR count). The molecule has 1 unspecified atom stereocenters. The van der Waals surface area contributed by atoms with Gasteiger partial charge in [0.1, 0.15) is 8.80 Å². The zero-order chi connectivity index (χ0) is 8.10. The molecule has 0 saturated heterocycles. The molecular formula is C9H11ClSi. The van der Waals surface area contributed by atoms with Crippen molar-refractivity contribution in [1.29, 1.82) is 0 Å². The van der Waals surface area contributed by atoms with Crippen molar-refractivity contribution >= 4 is 25.6 Å². The van der Waals surface area contributed by atoms with E-state index in [0.29, 0.717) is 0 Å². The second-order valence-corrected chi connectivity index (χ2v) is 5.99. The summed E-state index contributed by atoms with van der Waals surface area (Å²) < 4.78 is 0. The monoisotopic (exact) mass is 182 g/mol. The first-order chi connectivity index (χ1) is 5.38. The molecular weight excluding hydrogens is 172 g/mol. The number of alkyl halides is 1. The molecule has 0 radical (unpaired) electrons. The third-order valence-electron chi connectivity index (χ3n) is 1.68. The van der Waals surface area contributed by atoms with Gasteiger partial charge < -0.3 is 0 Å². The highest BCUT2D eigenvalue weighted by Gasteiger charge is 2.05. The van der Waals surface area contributed by atoms with Crippen LogP contribution in [0.4, 0.5) is 0 Å². The van der Waals surface area contributed by atoms with Crippen LogP contribution in [0.15, 0.2) is 42.6 Å². The average molecular weight is 183 g/mol. The minimum absolute atomic E-state index is 0.744. The Morgan fingerprint density at radius 2 is 2.00 bits per heavy atom. The summed E-state index contributed by atoms with van der Waals surface area (Å²) in [4.78, 5) is 0. The molecule has 1 aromatic rings. The fraction of sp³-hybridized carbons (Fsp3) is 0.111. The molecule has 11 heavy (non-hydrogen) atoms. The summed E-state index contributed by atoms with van der Waals surface area (Å²) in [6.07, 6.45) is 0. The Hall–Kier alpha value is -0.533. The first kappa shape index (κ1) is 8.56. The summed E-state index contributed by atoms with van der Waals surface area (Å²) in [7, 11) is -1.02. The molecule has 0 fully saturated rings. The van der Waals surface area contributed by atoms with Crippen LogP contribution in [0.5, 0.6) is 0 Å². The van der Waals surface area contributed by atoms with Crippen molar-refractivity contribution in [2.24, 2.45) is 0 Å². The van der Waals surface area contributed by atoms with Gasteiger partial charge in [-0.05, 0) is 0 Å². The summed E-state index contributed by atoms with van der Waals surface area (Å²) in [5.74, 6) is 0. The molecule has 0 amide bonds. The second kappa shape index (κ2) is 4.37. The van der Waals surface area contributed by atoms with E-state index in [1.165, 1.54) is 5.19 Å². The predicted octanol–water partition coefficient (Wildman–Crippen LogP) is 1.62. The van der Waals surface area contributed by atoms with Crippen LogP contribution >= 0.6 is 11.6 Å². The van der Waals surface area contributed by atoms with Crippen LogP contribution in [-0.2, 0) is 0 Å². The third kappa shape index (κ3) is 2.21. The molecule has 0 bridgehead atoms. The molecule has 0 saturated carbocycles. The number of hydrogen-bond donors (Lipinski definition) is 0. The molecule has 1 atom stereocenters. The SMILES string of the molecule is C=C[SiH](CCl)c1ccccc1. The molecule has 0 aliphatic rings. The first-order valence-corrected chi connectivity index (χ1v) is 6.21. The zero-order valence-electron chi connectivity index (χ0n) is 6.33. The Kier molecular flexibility index (Phi) is 3.40. The molecule has 0 aliphatic heterocycles. The average Bonchev–Trinajstić information content (AvgIpc) is 2.09. The van der Waals surface area contributed by atoms with E-state index in [2.05, 4.69) is 18.7 Å². The normalized spacial score (nSPS) is 12.5. The zero-order valence-corrected chi connectivity index (χ0v) is 8.24. The molecule has 0 nitrogen and oxygen atoms in total. The Bertz CT molecular complexity index is 220. The minimum Gasteiger partial charge on any atom is -0.130 e. The van der Waals surface area contributed by atoms with Crippen LogP contribution in [0.1, 0.15) is 0 Å². The van der Waals surface area contributed by atoms with Gasteiger partial charge in [-0.25, -0.2) is 0 Å². The van der Waals surface area contributed by atoms with Gasteiger partial charge in [0.05, 0.1) is 0 Å².